The van der Waals surface area contributed by atoms with E-state index >= 15 is 0 Å². The smallest absolute Gasteiger partial charge is 0.0207 e. The summed E-state index contributed by atoms with van der Waals surface area (Å²) in [5.41, 5.74) is 5.61. The molecule has 94 valence electrons. The second kappa shape index (κ2) is 5.99. The monoisotopic (exact) mass is 225 g/mol. The van der Waals surface area contributed by atoms with E-state index in [-0.39, 0.29) is 0 Å². The van der Waals surface area contributed by atoms with E-state index in [0.717, 1.165) is 18.6 Å². The first-order valence-electron chi connectivity index (χ1n) is 6.97. The highest BCUT2D eigenvalue weighted by Gasteiger charge is 2.33. The van der Waals surface area contributed by atoms with Gasteiger partial charge in [-0.1, -0.05) is 6.92 Å². The van der Waals surface area contributed by atoms with Gasteiger partial charge in [-0.2, -0.15) is 0 Å². The lowest BCUT2D eigenvalue weighted by Gasteiger charge is -2.16. The Bertz CT molecular complexity index is 203. The molecular weight excluding hydrogens is 198 g/mol. The maximum absolute atomic E-state index is 5.61. The van der Waals surface area contributed by atoms with E-state index in [9.17, 15) is 0 Å². The van der Waals surface area contributed by atoms with Crippen molar-refractivity contribution in [1.29, 1.82) is 0 Å². The van der Waals surface area contributed by atoms with Crippen LogP contribution < -0.4 is 11.1 Å². The third-order valence-corrected chi connectivity index (χ3v) is 3.99. The zero-order chi connectivity index (χ0) is 11.4. The number of rotatable bonds is 7. The minimum Gasteiger partial charge on any atom is -0.330 e. The summed E-state index contributed by atoms with van der Waals surface area (Å²) in [5.74, 6) is 0.688. The molecule has 3 heteroatoms. The maximum Gasteiger partial charge on any atom is 0.0207 e. The van der Waals surface area contributed by atoms with Gasteiger partial charge in [-0.3, -0.25) is 4.90 Å². The number of hydrogen-bond acceptors (Lipinski definition) is 3. The van der Waals surface area contributed by atoms with Crippen molar-refractivity contribution in [2.24, 2.45) is 11.7 Å². The fourth-order valence-electron chi connectivity index (χ4n) is 2.60. The fraction of sp³-hybridized carbons (Fsp3) is 1.00. The van der Waals surface area contributed by atoms with Crippen LogP contribution in [-0.4, -0.2) is 43.2 Å². The molecule has 0 spiro atoms. The molecule has 0 aromatic rings. The molecule has 2 aliphatic rings. The summed E-state index contributed by atoms with van der Waals surface area (Å²) < 4.78 is 0. The van der Waals surface area contributed by atoms with Crippen LogP contribution in [-0.2, 0) is 0 Å². The number of nitrogens with zero attached hydrogens (tertiary/aromatic N) is 1. The molecule has 0 bridgehead atoms. The molecule has 1 aliphatic heterocycles. The molecule has 2 atom stereocenters. The van der Waals surface area contributed by atoms with Gasteiger partial charge in [0.05, 0.1) is 0 Å². The molecule has 0 radical (unpaired) electrons. The Balaban J connectivity index is 1.50. The largest absolute Gasteiger partial charge is 0.330 e. The first-order valence-corrected chi connectivity index (χ1v) is 6.97. The second-order valence-corrected chi connectivity index (χ2v) is 5.65. The van der Waals surface area contributed by atoms with E-state index in [1.807, 2.05) is 0 Å². The minimum atomic E-state index is 0.688. The SMILES string of the molecule is CC(CN)CCCNC1CCN(C2CC2)C1. The second-order valence-electron chi connectivity index (χ2n) is 5.65. The van der Waals surface area contributed by atoms with Gasteiger partial charge in [-0.25, -0.2) is 0 Å². The highest BCUT2D eigenvalue weighted by Crippen LogP contribution is 2.29. The van der Waals surface area contributed by atoms with Gasteiger partial charge >= 0.3 is 0 Å². The molecule has 16 heavy (non-hydrogen) atoms. The average molecular weight is 225 g/mol. The lowest BCUT2D eigenvalue weighted by Crippen LogP contribution is -2.34. The summed E-state index contributed by atoms with van der Waals surface area (Å²) >= 11 is 0. The van der Waals surface area contributed by atoms with Gasteiger partial charge in [0.15, 0.2) is 0 Å². The van der Waals surface area contributed by atoms with E-state index in [1.165, 1.54) is 51.7 Å². The Morgan fingerprint density at radius 3 is 2.88 bits per heavy atom. The summed E-state index contributed by atoms with van der Waals surface area (Å²) in [6.45, 7) is 6.86. The summed E-state index contributed by atoms with van der Waals surface area (Å²) in [6, 6.07) is 1.71. The maximum atomic E-state index is 5.61. The highest BCUT2D eigenvalue weighted by molar-refractivity contribution is 4.91. The molecule has 1 heterocycles. The molecule has 0 aromatic carbocycles. The van der Waals surface area contributed by atoms with Crippen LogP contribution in [0.15, 0.2) is 0 Å². The molecule has 3 N–H and O–H groups in total. The zero-order valence-electron chi connectivity index (χ0n) is 10.6. The molecule has 1 aliphatic carbocycles. The molecule has 3 nitrogen and oxygen atoms in total. The standard InChI is InChI=1S/C13H27N3/c1-11(9-14)3-2-7-15-12-6-8-16(10-12)13-4-5-13/h11-13,15H,2-10,14H2,1H3. The average Bonchev–Trinajstić information content (AvgIpc) is 3.05. The zero-order valence-corrected chi connectivity index (χ0v) is 10.6. The van der Waals surface area contributed by atoms with Crippen molar-refractivity contribution in [2.45, 2.75) is 51.1 Å². The summed E-state index contributed by atoms with van der Waals surface area (Å²) in [5, 5.41) is 3.69. The van der Waals surface area contributed by atoms with Crippen LogP contribution in [0.1, 0.15) is 39.0 Å². The predicted octanol–water partition coefficient (Wildman–Crippen LogP) is 1.19. The van der Waals surface area contributed by atoms with Crippen molar-refractivity contribution in [3.8, 4) is 0 Å². The van der Waals surface area contributed by atoms with E-state index in [0.29, 0.717) is 5.92 Å². The number of likely N-dealkylation sites (tertiary alicyclic amines) is 1. The van der Waals surface area contributed by atoms with Gasteiger partial charge in [0.25, 0.3) is 0 Å². The summed E-state index contributed by atoms with van der Waals surface area (Å²) in [7, 11) is 0. The molecule has 2 unspecified atom stereocenters. The topological polar surface area (TPSA) is 41.3 Å². The molecule has 2 fully saturated rings. The predicted molar refractivity (Wildman–Crippen MR) is 68.5 cm³/mol. The van der Waals surface area contributed by atoms with Crippen molar-refractivity contribution >= 4 is 0 Å². The van der Waals surface area contributed by atoms with E-state index in [2.05, 4.69) is 17.1 Å². The number of nitrogens with one attached hydrogen (secondary N) is 1. The van der Waals surface area contributed by atoms with Gasteiger partial charge < -0.3 is 11.1 Å². The molecular formula is C13H27N3. The van der Waals surface area contributed by atoms with Crippen LogP contribution >= 0.6 is 0 Å². The number of hydrogen-bond donors (Lipinski definition) is 2. The van der Waals surface area contributed by atoms with Gasteiger partial charge in [-0.05, 0) is 51.1 Å². The van der Waals surface area contributed by atoms with Crippen LogP contribution in [0.25, 0.3) is 0 Å². The first-order chi connectivity index (χ1) is 7.79. The quantitative estimate of drug-likeness (QED) is 0.640. The molecule has 1 saturated carbocycles. The Morgan fingerprint density at radius 1 is 1.38 bits per heavy atom. The van der Waals surface area contributed by atoms with Crippen molar-refractivity contribution in [3.05, 3.63) is 0 Å². The van der Waals surface area contributed by atoms with E-state index < -0.39 is 0 Å². The molecule has 0 aromatic heterocycles. The lowest BCUT2D eigenvalue weighted by molar-refractivity contribution is 0.317. The van der Waals surface area contributed by atoms with Gasteiger partial charge in [-0.15, -0.1) is 0 Å². The van der Waals surface area contributed by atoms with Crippen LogP contribution in [0.5, 0.6) is 0 Å². The van der Waals surface area contributed by atoms with Gasteiger partial charge in [0.1, 0.15) is 0 Å². The van der Waals surface area contributed by atoms with Crippen molar-refractivity contribution < 1.29 is 0 Å². The van der Waals surface area contributed by atoms with Crippen LogP contribution in [0.4, 0.5) is 0 Å². The van der Waals surface area contributed by atoms with E-state index in [1.54, 1.807) is 0 Å². The van der Waals surface area contributed by atoms with Crippen LogP contribution in [0.2, 0.25) is 0 Å². The van der Waals surface area contributed by atoms with Crippen LogP contribution in [0.3, 0.4) is 0 Å². The lowest BCUT2D eigenvalue weighted by atomic mass is 10.1. The first kappa shape index (κ1) is 12.3. The fourth-order valence-corrected chi connectivity index (χ4v) is 2.60. The minimum absolute atomic E-state index is 0.688. The van der Waals surface area contributed by atoms with Crippen molar-refractivity contribution in [3.63, 3.8) is 0 Å². The Labute approximate surface area is 99.8 Å². The number of nitrogens with two attached hydrogens (primary N) is 1. The molecule has 0 amide bonds. The molecule has 1 saturated heterocycles. The normalized spacial score (nSPS) is 28.5. The third kappa shape index (κ3) is 3.72. The van der Waals surface area contributed by atoms with Crippen molar-refractivity contribution in [1.82, 2.24) is 10.2 Å². The summed E-state index contributed by atoms with van der Waals surface area (Å²) in [4.78, 5) is 2.67. The Morgan fingerprint density at radius 2 is 2.19 bits per heavy atom. The summed E-state index contributed by atoms with van der Waals surface area (Å²) in [6.07, 6.45) is 6.78. The Kier molecular flexibility index (Phi) is 4.62. The molecule has 2 rings (SSSR count). The van der Waals surface area contributed by atoms with Crippen molar-refractivity contribution in [2.75, 3.05) is 26.2 Å². The highest BCUT2D eigenvalue weighted by atomic mass is 15.2. The Hall–Kier alpha value is -0.120. The van der Waals surface area contributed by atoms with Gasteiger partial charge in [0.2, 0.25) is 0 Å². The van der Waals surface area contributed by atoms with Crippen LogP contribution in [0, 0.1) is 5.92 Å². The van der Waals surface area contributed by atoms with Gasteiger partial charge in [0, 0.05) is 25.2 Å². The third-order valence-electron chi connectivity index (χ3n) is 3.99. The van der Waals surface area contributed by atoms with E-state index in [4.69, 9.17) is 5.73 Å².